The molecular weight excluding hydrogens is 176 g/mol. The molecule has 0 amide bonds. The van der Waals surface area contributed by atoms with Crippen molar-refractivity contribution in [2.24, 2.45) is 5.73 Å². The van der Waals surface area contributed by atoms with Crippen LogP contribution in [0, 0.1) is 0 Å². The fourth-order valence-electron chi connectivity index (χ4n) is 2.58. The number of methoxy groups -OCH3 is 1. The van der Waals surface area contributed by atoms with Gasteiger partial charge in [0.05, 0.1) is 11.6 Å². The molecule has 0 aromatic carbocycles. The zero-order valence-electron chi connectivity index (χ0n) is 9.68. The van der Waals surface area contributed by atoms with Gasteiger partial charge in [0.15, 0.2) is 0 Å². The lowest BCUT2D eigenvalue weighted by Gasteiger charge is -2.44. The van der Waals surface area contributed by atoms with Gasteiger partial charge in [-0.15, -0.1) is 0 Å². The molecule has 0 aromatic rings. The molecule has 0 bridgehead atoms. The van der Waals surface area contributed by atoms with Crippen molar-refractivity contribution >= 4 is 0 Å². The summed E-state index contributed by atoms with van der Waals surface area (Å²) in [6, 6.07) is 0.467. The second-order valence-corrected chi connectivity index (χ2v) is 4.63. The van der Waals surface area contributed by atoms with Crippen molar-refractivity contribution in [1.29, 1.82) is 0 Å². The van der Waals surface area contributed by atoms with E-state index in [-0.39, 0.29) is 11.6 Å². The molecule has 3 nitrogen and oxygen atoms in total. The number of rotatable bonds is 4. The number of hydrogen-bond acceptors (Lipinski definition) is 3. The van der Waals surface area contributed by atoms with Gasteiger partial charge in [-0.1, -0.05) is 26.7 Å². The van der Waals surface area contributed by atoms with Crippen LogP contribution in [0.25, 0.3) is 0 Å². The first-order chi connectivity index (χ1) is 6.64. The van der Waals surface area contributed by atoms with E-state index >= 15 is 0 Å². The fourth-order valence-corrected chi connectivity index (χ4v) is 2.58. The molecule has 2 atom stereocenters. The third kappa shape index (κ3) is 2.47. The summed E-state index contributed by atoms with van der Waals surface area (Å²) in [6.45, 7) is 5.00. The molecule has 2 unspecified atom stereocenters. The molecule has 0 spiro atoms. The number of nitrogens with one attached hydrogen (secondary N) is 1. The molecule has 0 aromatic heterocycles. The van der Waals surface area contributed by atoms with Crippen molar-refractivity contribution in [3.8, 4) is 0 Å². The fraction of sp³-hybridized carbons (Fsp3) is 1.00. The molecule has 0 saturated heterocycles. The SMILES string of the molecule is COC1CCCCC1(CN)NC(C)C. The zero-order chi connectivity index (χ0) is 10.6. The lowest BCUT2D eigenvalue weighted by atomic mass is 9.78. The Kier molecular flexibility index (Phi) is 4.35. The van der Waals surface area contributed by atoms with Crippen LogP contribution >= 0.6 is 0 Å². The summed E-state index contributed by atoms with van der Waals surface area (Å²) in [5, 5.41) is 3.60. The Morgan fingerprint density at radius 3 is 2.71 bits per heavy atom. The van der Waals surface area contributed by atoms with E-state index in [4.69, 9.17) is 10.5 Å². The van der Waals surface area contributed by atoms with Gasteiger partial charge in [-0.3, -0.25) is 0 Å². The van der Waals surface area contributed by atoms with Gasteiger partial charge in [0.1, 0.15) is 0 Å². The highest BCUT2D eigenvalue weighted by molar-refractivity contribution is 5.00. The van der Waals surface area contributed by atoms with Crippen molar-refractivity contribution in [2.75, 3.05) is 13.7 Å². The second kappa shape index (κ2) is 5.10. The molecule has 1 saturated carbocycles. The summed E-state index contributed by atoms with van der Waals surface area (Å²) in [4.78, 5) is 0. The lowest BCUT2D eigenvalue weighted by molar-refractivity contribution is -0.0120. The van der Waals surface area contributed by atoms with Crippen LogP contribution in [-0.2, 0) is 4.74 Å². The van der Waals surface area contributed by atoms with Gasteiger partial charge < -0.3 is 15.8 Å². The third-order valence-electron chi connectivity index (χ3n) is 3.18. The maximum Gasteiger partial charge on any atom is 0.0765 e. The lowest BCUT2D eigenvalue weighted by Crippen LogP contribution is -2.63. The number of ether oxygens (including phenoxy) is 1. The Labute approximate surface area is 87.4 Å². The standard InChI is InChI=1S/C11H24N2O/c1-9(2)13-11(8-12)7-5-4-6-10(11)14-3/h9-10,13H,4-8,12H2,1-3H3. The van der Waals surface area contributed by atoms with E-state index in [0.29, 0.717) is 12.6 Å². The summed E-state index contributed by atoms with van der Waals surface area (Å²) < 4.78 is 5.56. The first-order valence-electron chi connectivity index (χ1n) is 5.65. The minimum absolute atomic E-state index is 0.0150. The van der Waals surface area contributed by atoms with Crippen molar-refractivity contribution in [3.05, 3.63) is 0 Å². The Balaban J connectivity index is 2.70. The molecule has 1 aliphatic carbocycles. The molecule has 0 radical (unpaired) electrons. The largest absolute Gasteiger partial charge is 0.379 e. The van der Waals surface area contributed by atoms with Crippen LogP contribution in [0.2, 0.25) is 0 Å². The van der Waals surface area contributed by atoms with E-state index in [1.54, 1.807) is 7.11 Å². The zero-order valence-corrected chi connectivity index (χ0v) is 9.68. The van der Waals surface area contributed by atoms with Gasteiger partial charge in [0.2, 0.25) is 0 Å². The van der Waals surface area contributed by atoms with E-state index < -0.39 is 0 Å². The van der Waals surface area contributed by atoms with E-state index in [9.17, 15) is 0 Å². The van der Waals surface area contributed by atoms with Crippen LogP contribution < -0.4 is 11.1 Å². The maximum atomic E-state index is 5.91. The van der Waals surface area contributed by atoms with E-state index in [1.165, 1.54) is 12.8 Å². The highest BCUT2D eigenvalue weighted by Crippen LogP contribution is 2.30. The predicted molar refractivity (Wildman–Crippen MR) is 59.3 cm³/mol. The Hall–Kier alpha value is -0.120. The summed E-state index contributed by atoms with van der Waals surface area (Å²) in [6.07, 6.45) is 5.08. The van der Waals surface area contributed by atoms with Crippen LogP contribution in [0.4, 0.5) is 0 Å². The summed E-state index contributed by atoms with van der Waals surface area (Å²) in [5.41, 5.74) is 5.93. The molecule has 84 valence electrons. The van der Waals surface area contributed by atoms with E-state index in [1.807, 2.05) is 0 Å². The van der Waals surface area contributed by atoms with Crippen LogP contribution in [0.3, 0.4) is 0 Å². The molecule has 3 heteroatoms. The van der Waals surface area contributed by atoms with Gasteiger partial charge in [-0.05, 0) is 12.8 Å². The minimum Gasteiger partial charge on any atom is -0.379 e. The van der Waals surface area contributed by atoms with Crippen LogP contribution in [0.5, 0.6) is 0 Å². The number of nitrogens with two attached hydrogens (primary N) is 1. The summed E-state index contributed by atoms with van der Waals surface area (Å²) >= 11 is 0. The average molecular weight is 200 g/mol. The molecule has 0 heterocycles. The van der Waals surface area contributed by atoms with Gasteiger partial charge in [-0.25, -0.2) is 0 Å². The van der Waals surface area contributed by atoms with Crippen molar-refractivity contribution < 1.29 is 4.74 Å². The first-order valence-corrected chi connectivity index (χ1v) is 5.65. The quantitative estimate of drug-likeness (QED) is 0.718. The first kappa shape index (κ1) is 12.0. The van der Waals surface area contributed by atoms with E-state index in [0.717, 1.165) is 12.8 Å². The Morgan fingerprint density at radius 2 is 2.21 bits per heavy atom. The topological polar surface area (TPSA) is 47.3 Å². The maximum absolute atomic E-state index is 5.91. The Bertz CT molecular complexity index is 173. The second-order valence-electron chi connectivity index (χ2n) is 4.63. The number of hydrogen-bond donors (Lipinski definition) is 2. The average Bonchev–Trinajstić information content (AvgIpc) is 2.17. The van der Waals surface area contributed by atoms with Gasteiger partial charge >= 0.3 is 0 Å². The smallest absolute Gasteiger partial charge is 0.0765 e. The van der Waals surface area contributed by atoms with Gasteiger partial charge in [0.25, 0.3) is 0 Å². The summed E-state index contributed by atoms with van der Waals surface area (Å²) in [7, 11) is 1.79. The van der Waals surface area contributed by atoms with Crippen molar-refractivity contribution in [1.82, 2.24) is 5.32 Å². The normalized spacial score (nSPS) is 33.6. The van der Waals surface area contributed by atoms with Crippen molar-refractivity contribution in [3.63, 3.8) is 0 Å². The minimum atomic E-state index is 0.0150. The molecule has 0 aliphatic heterocycles. The van der Waals surface area contributed by atoms with Crippen LogP contribution in [0.1, 0.15) is 39.5 Å². The van der Waals surface area contributed by atoms with E-state index in [2.05, 4.69) is 19.2 Å². The van der Waals surface area contributed by atoms with Gasteiger partial charge in [-0.2, -0.15) is 0 Å². The third-order valence-corrected chi connectivity index (χ3v) is 3.18. The molecule has 3 N–H and O–H groups in total. The Morgan fingerprint density at radius 1 is 1.50 bits per heavy atom. The van der Waals surface area contributed by atoms with Crippen LogP contribution in [-0.4, -0.2) is 31.3 Å². The van der Waals surface area contributed by atoms with Gasteiger partial charge in [0, 0.05) is 19.7 Å². The van der Waals surface area contributed by atoms with Crippen molar-refractivity contribution in [2.45, 2.75) is 57.2 Å². The highest BCUT2D eigenvalue weighted by Gasteiger charge is 2.39. The molecule has 14 heavy (non-hydrogen) atoms. The van der Waals surface area contributed by atoms with Crippen LogP contribution in [0.15, 0.2) is 0 Å². The molecule has 1 aliphatic rings. The predicted octanol–water partition coefficient (Wildman–Crippen LogP) is 1.27. The monoisotopic (exact) mass is 200 g/mol. The molecule has 1 fully saturated rings. The summed E-state index contributed by atoms with van der Waals surface area (Å²) in [5.74, 6) is 0. The molecular formula is C11H24N2O. The highest BCUT2D eigenvalue weighted by atomic mass is 16.5. The molecule has 1 rings (SSSR count).